The topological polar surface area (TPSA) is 73.9 Å². The first kappa shape index (κ1) is 24.0. The third-order valence-electron chi connectivity index (χ3n) is 4.72. The third kappa shape index (κ3) is 7.77. The lowest BCUT2D eigenvalue weighted by Crippen LogP contribution is -2.36. The predicted molar refractivity (Wildman–Crippen MR) is 123 cm³/mol. The molecule has 1 aliphatic heterocycles. The van der Waals surface area contributed by atoms with Gasteiger partial charge in [0, 0.05) is 35.0 Å². The summed E-state index contributed by atoms with van der Waals surface area (Å²) >= 11 is 0.446. The summed E-state index contributed by atoms with van der Waals surface area (Å²) in [6, 6.07) is 13.8. The van der Waals surface area contributed by atoms with Crippen LogP contribution in [0, 0.1) is 0 Å². The molecule has 2 aromatic rings. The van der Waals surface area contributed by atoms with Crippen LogP contribution in [0.25, 0.3) is 0 Å². The lowest BCUT2D eigenvalue weighted by molar-refractivity contribution is -0.119. The van der Waals surface area contributed by atoms with Crippen LogP contribution in [0.1, 0.15) is 0 Å². The Morgan fingerprint density at radius 3 is 1.97 bits per heavy atom. The largest absolute Gasteiger partial charge is 0.378 e. The van der Waals surface area contributed by atoms with Gasteiger partial charge in [0.1, 0.15) is 0 Å². The Morgan fingerprint density at radius 2 is 1.47 bits per heavy atom. The van der Waals surface area contributed by atoms with Crippen LogP contribution in [0.2, 0.25) is 0 Å². The molecule has 0 aromatic heterocycles. The van der Waals surface area contributed by atoms with Gasteiger partial charge in [0.15, 0.2) is 0 Å². The Morgan fingerprint density at radius 1 is 0.969 bits per heavy atom. The van der Waals surface area contributed by atoms with E-state index in [1.807, 2.05) is 24.3 Å². The van der Waals surface area contributed by atoms with Gasteiger partial charge in [-0.2, -0.15) is 8.78 Å². The number of hydrogen-bond donors (Lipinski definition) is 2. The molecule has 1 heterocycles. The molecule has 7 nitrogen and oxygen atoms in total. The molecule has 2 aromatic carbocycles. The summed E-state index contributed by atoms with van der Waals surface area (Å²) in [6.45, 7) is 3.16. The van der Waals surface area contributed by atoms with E-state index in [9.17, 15) is 18.4 Å². The van der Waals surface area contributed by atoms with Crippen LogP contribution in [-0.4, -0.2) is 68.9 Å². The molecule has 0 unspecified atom stereocenters. The van der Waals surface area contributed by atoms with E-state index in [0.29, 0.717) is 41.2 Å². The Bertz CT molecular complexity index is 891. The molecule has 0 spiro atoms. The first-order valence-electron chi connectivity index (χ1n) is 10.1. The smallest absolute Gasteiger partial charge is 0.288 e. The monoisotopic (exact) mass is 464 g/mol. The van der Waals surface area contributed by atoms with Crippen LogP contribution in [0.5, 0.6) is 0 Å². The van der Waals surface area contributed by atoms with Crippen molar-refractivity contribution in [3.05, 3.63) is 48.5 Å². The van der Waals surface area contributed by atoms with Gasteiger partial charge in [-0.1, -0.05) is 11.8 Å². The fraction of sp³-hybridized carbons (Fsp3) is 0.364. The molecule has 3 rings (SSSR count). The van der Waals surface area contributed by atoms with E-state index in [4.69, 9.17) is 4.74 Å². The molecule has 0 radical (unpaired) electrons. The number of morpholine rings is 1. The van der Waals surface area contributed by atoms with Gasteiger partial charge in [-0.05, 0) is 55.6 Å². The molecule has 0 bridgehead atoms. The number of amides is 2. The number of hydrogen-bond acceptors (Lipinski definition) is 6. The van der Waals surface area contributed by atoms with Crippen LogP contribution >= 0.6 is 11.8 Å². The molecule has 0 atom stereocenters. The number of alkyl halides is 2. The second-order valence-electron chi connectivity index (χ2n) is 7.32. The van der Waals surface area contributed by atoms with Crippen molar-refractivity contribution in [2.24, 2.45) is 0 Å². The summed E-state index contributed by atoms with van der Waals surface area (Å²) < 4.78 is 30.1. The first-order chi connectivity index (χ1) is 15.4. The van der Waals surface area contributed by atoms with Gasteiger partial charge in [0.25, 0.3) is 5.76 Å². The van der Waals surface area contributed by atoms with Crippen molar-refractivity contribution in [3.8, 4) is 0 Å². The summed E-state index contributed by atoms with van der Waals surface area (Å²) in [7, 11) is 1.67. The van der Waals surface area contributed by atoms with Crippen molar-refractivity contribution in [1.82, 2.24) is 4.90 Å². The number of halogens is 2. The lowest BCUT2D eigenvalue weighted by atomic mass is 10.2. The quantitative estimate of drug-likeness (QED) is 0.555. The van der Waals surface area contributed by atoms with E-state index in [1.54, 1.807) is 24.1 Å². The molecule has 32 heavy (non-hydrogen) atoms. The Labute approximate surface area is 190 Å². The van der Waals surface area contributed by atoms with Crippen molar-refractivity contribution in [3.63, 3.8) is 0 Å². The minimum Gasteiger partial charge on any atom is -0.378 e. The molecular weight excluding hydrogens is 438 g/mol. The second kappa shape index (κ2) is 11.8. The molecule has 0 aliphatic carbocycles. The third-order valence-corrected chi connectivity index (χ3v) is 5.44. The maximum absolute atomic E-state index is 12.4. The molecule has 1 saturated heterocycles. The average molecular weight is 465 g/mol. The van der Waals surface area contributed by atoms with Crippen LogP contribution in [-0.2, 0) is 14.3 Å². The molecule has 10 heteroatoms. The fourth-order valence-corrected chi connectivity index (χ4v) is 3.74. The molecule has 2 N–H and O–H groups in total. The maximum atomic E-state index is 12.4. The fourth-order valence-electron chi connectivity index (χ4n) is 3.24. The predicted octanol–water partition coefficient (Wildman–Crippen LogP) is 3.35. The van der Waals surface area contributed by atoms with Gasteiger partial charge in [-0.25, -0.2) is 0 Å². The highest BCUT2D eigenvalue weighted by atomic mass is 32.2. The lowest BCUT2D eigenvalue weighted by Gasteiger charge is -2.28. The highest BCUT2D eigenvalue weighted by molar-refractivity contribution is 7.99. The molecule has 172 valence electrons. The highest BCUT2D eigenvalue weighted by Gasteiger charge is 2.13. The van der Waals surface area contributed by atoms with Crippen LogP contribution in [0.4, 0.5) is 25.8 Å². The summed E-state index contributed by atoms with van der Waals surface area (Å²) in [6.07, 6.45) is 0. The van der Waals surface area contributed by atoms with E-state index >= 15 is 0 Å². The van der Waals surface area contributed by atoms with Crippen LogP contribution in [0.3, 0.4) is 0 Å². The Balaban J connectivity index is 1.41. The van der Waals surface area contributed by atoms with Crippen molar-refractivity contribution in [1.29, 1.82) is 0 Å². The SMILES string of the molecule is CN(CC(=O)Nc1ccc(SC(F)F)cc1)CC(=O)Nc1ccc(N2CCOCC2)cc1. The summed E-state index contributed by atoms with van der Waals surface area (Å²) in [5.74, 6) is -3.02. The Kier molecular flexibility index (Phi) is 8.83. The van der Waals surface area contributed by atoms with Gasteiger partial charge in [-0.3, -0.25) is 14.5 Å². The molecule has 1 aliphatic rings. The average Bonchev–Trinajstić information content (AvgIpc) is 2.75. The first-order valence-corrected chi connectivity index (χ1v) is 11.0. The maximum Gasteiger partial charge on any atom is 0.288 e. The minimum atomic E-state index is -2.49. The zero-order chi connectivity index (χ0) is 22.9. The number of ether oxygens (including phenoxy) is 1. The zero-order valence-electron chi connectivity index (χ0n) is 17.7. The number of nitrogens with one attached hydrogen (secondary N) is 2. The number of rotatable bonds is 9. The number of nitrogens with zero attached hydrogens (tertiary/aromatic N) is 2. The number of thioether (sulfide) groups is 1. The van der Waals surface area contributed by atoms with Crippen molar-refractivity contribution in [2.45, 2.75) is 10.7 Å². The van der Waals surface area contributed by atoms with E-state index < -0.39 is 5.76 Å². The van der Waals surface area contributed by atoms with E-state index in [-0.39, 0.29) is 24.9 Å². The number of carbonyl (C=O) groups excluding carboxylic acids is 2. The van der Waals surface area contributed by atoms with E-state index in [2.05, 4.69) is 15.5 Å². The zero-order valence-corrected chi connectivity index (χ0v) is 18.5. The van der Waals surface area contributed by atoms with Gasteiger partial charge in [-0.15, -0.1) is 0 Å². The molecular formula is C22H26F2N4O3S. The van der Waals surface area contributed by atoms with E-state index in [0.717, 1.165) is 18.8 Å². The van der Waals surface area contributed by atoms with Gasteiger partial charge >= 0.3 is 0 Å². The van der Waals surface area contributed by atoms with Crippen molar-refractivity contribution in [2.75, 3.05) is 62.0 Å². The van der Waals surface area contributed by atoms with Crippen molar-refractivity contribution < 1.29 is 23.1 Å². The number of carbonyl (C=O) groups is 2. The van der Waals surface area contributed by atoms with Crippen LogP contribution in [0.15, 0.2) is 53.4 Å². The summed E-state index contributed by atoms with van der Waals surface area (Å²) in [5.41, 5.74) is 2.28. The van der Waals surface area contributed by atoms with E-state index in [1.165, 1.54) is 12.1 Å². The summed E-state index contributed by atoms with van der Waals surface area (Å²) in [5, 5.41) is 5.52. The Hall–Kier alpha value is -2.69. The summed E-state index contributed by atoms with van der Waals surface area (Å²) in [4.78, 5) is 28.7. The highest BCUT2D eigenvalue weighted by Crippen LogP contribution is 2.26. The van der Waals surface area contributed by atoms with Crippen LogP contribution < -0.4 is 15.5 Å². The van der Waals surface area contributed by atoms with Gasteiger partial charge in [0.2, 0.25) is 11.8 Å². The number of anilines is 3. The molecule has 1 fully saturated rings. The van der Waals surface area contributed by atoms with Gasteiger partial charge in [0.05, 0.1) is 26.3 Å². The normalized spacial score (nSPS) is 14.0. The molecule has 0 saturated carbocycles. The minimum absolute atomic E-state index is 0.0108. The second-order valence-corrected chi connectivity index (χ2v) is 8.38. The van der Waals surface area contributed by atoms with Crippen molar-refractivity contribution >= 4 is 40.6 Å². The standard InChI is InChI=1S/C22H26F2N4O3S/c1-27(15-21(30)26-17-4-8-19(9-5-17)32-22(23)24)14-20(29)25-16-2-6-18(7-3-16)28-10-12-31-13-11-28/h2-9,22H,10-15H2,1H3,(H,25,29)(H,26,30). The molecule has 2 amide bonds. The number of benzene rings is 2. The van der Waals surface area contributed by atoms with Gasteiger partial charge < -0.3 is 20.3 Å². The number of likely N-dealkylation sites (N-methyl/N-ethyl adjacent to an activating group) is 1.